The van der Waals surface area contributed by atoms with Gasteiger partial charge < -0.3 is 10.1 Å². The van der Waals surface area contributed by atoms with Gasteiger partial charge in [0.25, 0.3) is 0 Å². The van der Waals surface area contributed by atoms with Gasteiger partial charge in [-0.05, 0) is 25.2 Å². The van der Waals surface area contributed by atoms with Crippen molar-refractivity contribution >= 4 is 0 Å². The Balaban J connectivity index is 1.94. The molecule has 0 atom stereocenters. The normalized spacial score (nSPS) is 18.2. The van der Waals surface area contributed by atoms with Gasteiger partial charge in [0.2, 0.25) is 5.88 Å². The van der Waals surface area contributed by atoms with E-state index in [2.05, 4.69) is 17.3 Å². The van der Waals surface area contributed by atoms with Crippen LogP contribution in [-0.4, -0.2) is 23.4 Å². The lowest BCUT2D eigenvalue weighted by molar-refractivity contribution is 0.312. The van der Waals surface area contributed by atoms with Crippen LogP contribution in [0.2, 0.25) is 0 Å². The Hall–Kier alpha value is -1.03. The molecular weight excluding hydrogens is 226 g/mol. The van der Waals surface area contributed by atoms with E-state index in [9.17, 15) is 0 Å². The first-order valence-corrected chi connectivity index (χ1v) is 6.83. The third-order valence-electron chi connectivity index (χ3n) is 4.15. The van der Waals surface area contributed by atoms with Crippen LogP contribution in [-0.2, 0) is 13.6 Å². The topological polar surface area (TPSA) is 39.1 Å². The van der Waals surface area contributed by atoms with E-state index in [1.54, 1.807) is 7.11 Å². The van der Waals surface area contributed by atoms with Crippen LogP contribution in [0.25, 0.3) is 0 Å². The summed E-state index contributed by atoms with van der Waals surface area (Å²) in [5.74, 6) is 0.872. The molecule has 0 saturated heterocycles. The van der Waals surface area contributed by atoms with Crippen molar-refractivity contribution in [2.24, 2.45) is 12.5 Å². The second-order valence-corrected chi connectivity index (χ2v) is 5.82. The Morgan fingerprint density at radius 1 is 1.39 bits per heavy atom. The van der Waals surface area contributed by atoms with Crippen molar-refractivity contribution in [2.75, 3.05) is 13.7 Å². The van der Waals surface area contributed by atoms with Crippen molar-refractivity contribution in [1.29, 1.82) is 0 Å². The maximum absolute atomic E-state index is 5.41. The lowest BCUT2D eigenvalue weighted by Crippen LogP contribution is -2.29. The van der Waals surface area contributed by atoms with E-state index < -0.39 is 0 Å². The zero-order valence-corrected chi connectivity index (χ0v) is 12.0. The molecule has 2 rings (SSSR count). The maximum atomic E-state index is 5.41. The highest BCUT2D eigenvalue weighted by Crippen LogP contribution is 2.36. The number of aryl methyl sites for hydroxylation is 2. The lowest BCUT2D eigenvalue weighted by Gasteiger charge is -2.23. The molecule has 4 nitrogen and oxygen atoms in total. The molecule has 1 fully saturated rings. The van der Waals surface area contributed by atoms with Crippen LogP contribution in [0.3, 0.4) is 0 Å². The Bertz CT molecular complexity index is 405. The molecule has 0 radical (unpaired) electrons. The van der Waals surface area contributed by atoms with Gasteiger partial charge in [0.05, 0.1) is 18.4 Å². The average Bonchev–Trinajstić information content (AvgIpc) is 2.85. The number of rotatable bonds is 5. The molecule has 18 heavy (non-hydrogen) atoms. The van der Waals surface area contributed by atoms with Crippen molar-refractivity contribution in [3.8, 4) is 5.88 Å². The van der Waals surface area contributed by atoms with Crippen molar-refractivity contribution in [3.05, 3.63) is 11.3 Å². The van der Waals surface area contributed by atoms with Gasteiger partial charge in [0.15, 0.2) is 0 Å². The smallest absolute Gasteiger partial charge is 0.216 e. The molecule has 102 valence electrons. The van der Waals surface area contributed by atoms with E-state index in [1.807, 2.05) is 18.7 Å². The summed E-state index contributed by atoms with van der Waals surface area (Å²) in [6.45, 7) is 6.36. The number of hydrogen-bond donors (Lipinski definition) is 1. The van der Waals surface area contributed by atoms with Crippen LogP contribution in [0.1, 0.15) is 43.9 Å². The molecule has 0 aromatic carbocycles. The summed E-state index contributed by atoms with van der Waals surface area (Å²) in [6.07, 6.45) is 5.47. The number of hydrogen-bond acceptors (Lipinski definition) is 3. The minimum absolute atomic E-state index is 0.489. The fraction of sp³-hybridized carbons (Fsp3) is 0.786. The van der Waals surface area contributed by atoms with Crippen LogP contribution >= 0.6 is 0 Å². The van der Waals surface area contributed by atoms with Crippen molar-refractivity contribution < 1.29 is 4.74 Å². The molecule has 0 aliphatic heterocycles. The number of nitrogens with one attached hydrogen (secondary N) is 1. The van der Waals surface area contributed by atoms with Gasteiger partial charge in [-0.15, -0.1) is 0 Å². The third-order valence-corrected chi connectivity index (χ3v) is 4.15. The Labute approximate surface area is 110 Å². The van der Waals surface area contributed by atoms with Gasteiger partial charge in [-0.3, -0.25) is 0 Å². The fourth-order valence-electron chi connectivity index (χ4n) is 3.03. The molecule has 0 bridgehead atoms. The second kappa shape index (κ2) is 5.31. The van der Waals surface area contributed by atoms with Gasteiger partial charge in [-0.2, -0.15) is 5.10 Å². The highest BCUT2D eigenvalue weighted by molar-refractivity contribution is 5.30. The van der Waals surface area contributed by atoms with Gasteiger partial charge in [0, 0.05) is 20.1 Å². The first-order valence-electron chi connectivity index (χ1n) is 6.83. The van der Waals surface area contributed by atoms with Crippen LogP contribution in [0.4, 0.5) is 0 Å². The van der Waals surface area contributed by atoms with Crippen molar-refractivity contribution in [1.82, 2.24) is 15.1 Å². The summed E-state index contributed by atoms with van der Waals surface area (Å²) in [6, 6.07) is 0. The molecule has 0 spiro atoms. The maximum Gasteiger partial charge on any atom is 0.216 e. The highest BCUT2D eigenvalue weighted by Gasteiger charge is 2.28. The zero-order valence-electron chi connectivity index (χ0n) is 12.0. The average molecular weight is 251 g/mol. The minimum atomic E-state index is 0.489. The summed E-state index contributed by atoms with van der Waals surface area (Å²) in [7, 11) is 3.63. The minimum Gasteiger partial charge on any atom is -0.481 e. The predicted molar refractivity (Wildman–Crippen MR) is 72.8 cm³/mol. The molecular formula is C14H25N3O. The molecule has 1 aromatic rings. The summed E-state index contributed by atoms with van der Waals surface area (Å²) in [5.41, 5.74) is 2.73. The Morgan fingerprint density at radius 3 is 2.67 bits per heavy atom. The van der Waals surface area contributed by atoms with Gasteiger partial charge in [-0.25, -0.2) is 4.68 Å². The highest BCUT2D eigenvalue weighted by atomic mass is 16.5. The quantitative estimate of drug-likeness (QED) is 0.873. The first-order chi connectivity index (χ1) is 8.56. The van der Waals surface area contributed by atoms with E-state index in [4.69, 9.17) is 4.74 Å². The molecule has 1 N–H and O–H groups in total. The lowest BCUT2D eigenvalue weighted by atomic mass is 9.89. The molecule has 1 aromatic heterocycles. The van der Waals surface area contributed by atoms with E-state index >= 15 is 0 Å². The molecule has 0 unspecified atom stereocenters. The summed E-state index contributed by atoms with van der Waals surface area (Å²) in [4.78, 5) is 0. The number of nitrogens with zero attached hydrogens (tertiary/aromatic N) is 2. The van der Waals surface area contributed by atoms with Crippen molar-refractivity contribution in [2.45, 2.75) is 46.1 Å². The SMILES string of the molecule is COc1c(CNCC2(C)CCCC2)c(C)nn1C. The van der Waals surface area contributed by atoms with E-state index in [0.29, 0.717) is 5.41 Å². The third kappa shape index (κ3) is 2.69. The molecule has 1 saturated carbocycles. The summed E-state index contributed by atoms with van der Waals surface area (Å²) >= 11 is 0. The zero-order chi connectivity index (χ0) is 13.2. The molecule has 1 aliphatic rings. The summed E-state index contributed by atoms with van der Waals surface area (Å²) < 4.78 is 7.21. The van der Waals surface area contributed by atoms with Gasteiger partial charge >= 0.3 is 0 Å². The number of ether oxygens (including phenoxy) is 1. The standard InChI is InChI=1S/C14H25N3O/c1-11-12(13(18-4)17(3)16-11)9-15-10-14(2)7-5-6-8-14/h15H,5-10H2,1-4H3. The molecule has 1 aliphatic carbocycles. The second-order valence-electron chi connectivity index (χ2n) is 5.82. The monoisotopic (exact) mass is 251 g/mol. The van der Waals surface area contributed by atoms with Crippen LogP contribution in [0, 0.1) is 12.3 Å². The molecule has 1 heterocycles. The van der Waals surface area contributed by atoms with Crippen LogP contribution in [0.15, 0.2) is 0 Å². The molecule has 0 amide bonds. The Kier molecular flexibility index (Phi) is 3.95. The van der Waals surface area contributed by atoms with E-state index in [-0.39, 0.29) is 0 Å². The summed E-state index contributed by atoms with van der Waals surface area (Å²) in [5, 5.41) is 7.98. The number of aromatic nitrogens is 2. The van der Waals surface area contributed by atoms with Crippen molar-refractivity contribution in [3.63, 3.8) is 0 Å². The fourth-order valence-corrected chi connectivity index (χ4v) is 3.03. The van der Waals surface area contributed by atoms with E-state index in [1.165, 1.54) is 31.2 Å². The first kappa shape index (κ1) is 13.4. The van der Waals surface area contributed by atoms with Gasteiger partial charge in [-0.1, -0.05) is 19.8 Å². The largest absolute Gasteiger partial charge is 0.481 e. The van der Waals surface area contributed by atoms with Gasteiger partial charge in [0.1, 0.15) is 0 Å². The van der Waals surface area contributed by atoms with Crippen LogP contribution in [0.5, 0.6) is 5.88 Å². The van der Waals surface area contributed by atoms with Crippen LogP contribution < -0.4 is 10.1 Å². The predicted octanol–water partition coefficient (Wildman–Crippen LogP) is 2.41. The van der Waals surface area contributed by atoms with E-state index in [0.717, 1.165) is 24.7 Å². The number of methoxy groups -OCH3 is 1. The molecule has 4 heteroatoms. The Morgan fingerprint density at radius 2 is 2.06 bits per heavy atom.